The number of fused-ring (bicyclic) bond motifs is 1. The lowest BCUT2D eigenvalue weighted by molar-refractivity contribution is -0.144. The highest BCUT2D eigenvalue weighted by atomic mass is 32.2. The number of benzene rings is 2. The molecule has 1 heterocycles. The average Bonchev–Trinajstić information content (AvgIpc) is 3.09. The van der Waals surface area contributed by atoms with Gasteiger partial charge in [0.05, 0.1) is 29.4 Å². The molecule has 29 heavy (non-hydrogen) atoms. The zero-order valence-corrected chi connectivity index (χ0v) is 17.5. The molecular formula is C21H24N3O4S-. The van der Waals surface area contributed by atoms with Crippen LogP contribution in [0.15, 0.2) is 42.5 Å². The SMILES string of the molecule is CCOC(=O)C(C)c1ccc(-n2c(CC)nc3cc(NCS(=O)[O-])ccc32)cc1. The van der Waals surface area contributed by atoms with Crippen molar-refractivity contribution in [2.45, 2.75) is 33.1 Å². The Bertz CT molecular complexity index is 1030. The average molecular weight is 415 g/mol. The zero-order valence-electron chi connectivity index (χ0n) is 16.7. The van der Waals surface area contributed by atoms with E-state index in [9.17, 15) is 13.6 Å². The summed E-state index contributed by atoms with van der Waals surface area (Å²) < 4.78 is 28.7. The first-order valence-corrected chi connectivity index (χ1v) is 10.8. The van der Waals surface area contributed by atoms with E-state index in [1.54, 1.807) is 6.92 Å². The number of hydrogen-bond acceptors (Lipinski definition) is 6. The smallest absolute Gasteiger partial charge is 0.313 e. The molecule has 0 aliphatic rings. The fourth-order valence-corrected chi connectivity index (χ4v) is 3.51. The minimum Gasteiger partial charge on any atom is -0.771 e. The normalized spacial score (nSPS) is 13.2. The highest BCUT2D eigenvalue weighted by Gasteiger charge is 2.17. The number of rotatable bonds is 8. The lowest BCUT2D eigenvalue weighted by Crippen LogP contribution is -2.13. The van der Waals surface area contributed by atoms with Gasteiger partial charge in [0.1, 0.15) is 5.82 Å². The van der Waals surface area contributed by atoms with E-state index in [1.165, 1.54) is 0 Å². The number of esters is 1. The molecule has 0 saturated carbocycles. The van der Waals surface area contributed by atoms with Gasteiger partial charge in [-0.25, -0.2) is 4.98 Å². The highest BCUT2D eigenvalue weighted by Crippen LogP contribution is 2.26. The predicted molar refractivity (Wildman–Crippen MR) is 113 cm³/mol. The number of ether oxygens (including phenoxy) is 1. The lowest BCUT2D eigenvalue weighted by atomic mass is 10.0. The number of nitrogens with zero attached hydrogens (tertiary/aromatic N) is 2. The Morgan fingerprint density at radius 1 is 1.24 bits per heavy atom. The van der Waals surface area contributed by atoms with E-state index in [0.717, 1.165) is 34.5 Å². The minimum atomic E-state index is -2.16. The summed E-state index contributed by atoms with van der Waals surface area (Å²) in [5.74, 6) is 0.194. The van der Waals surface area contributed by atoms with Gasteiger partial charge in [-0.3, -0.25) is 13.6 Å². The third-order valence-corrected chi connectivity index (χ3v) is 5.11. The zero-order chi connectivity index (χ0) is 21.0. The topological polar surface area (TPSA) is 96.3 Å². The second-order valence-electron chi connectivity index (χ2n) is 6.61. The van der Waals surface area contributed by atoms with Gasteiger partial charge in [0.2, 0.25) is 0 Å². The minimum absolute atomic E-state index is 0.146. The molecule has 3 rings (SSSR count). The summed E-state index contributed by atoms with van der Waals surface area (Å²) in [5.41, 5.74) is 4.26. The number of anilines is 1. The molecule has 0 saturated heterocycles. The van der Waals surface area contributed by atoms with Crippen molar-refractivity contribution in [2.75, 3.05) is 17.8 Å². The highest BCUT2D eigenvalue weighted by molar-refractivity contribution is 7.79. The number of carbonyl (C=O) groups excluding carboxylic acids is 1. The van der Waals surface area contributed by atoms with E-state index in [-0.39, 0.29) is 17.8 Å². The third kappa shape index (κ3) is 4.65. The van der Waals surface area contributed by atoms with Crippen molar-refractivity contribution in [1.29, 1.82) is 0 Å². The lowest BCUT2D eigenvalue weighted by Gasteiger charge is -2.13. The summed E-state index contributed by atoms with van der Waals surface area (Å²) in [6.45, 7) is 6.03. The van der Waals surface area contributed by atoms with Crippen LogP contribution >= 0.6 is 0 Å². The first-order valence-electron chi connectivity index (χ1n) is 9.52. The van der Waals surface area contributed by atoms with E-state index >= 15 is 0 Å². The first-order chi connectivity index (χ1) is 13.9. The van der Waals surface area contributed by atoms with Crippen LogP contribution in [0.3, 0.4) is 0 Å². The quantitative estimate of drug-likeness (QED) is 0.448. The van der Waals surface area contributed by atoms with Crippen LogP contribution in [0, 0.1) is 0 Å². The van der Waals surface area contributed by atoms with Gasteiger partial charge in [0.25, 0.3) is 0 Å². The van der Waals surface area contributed by atoms with Crippen LogP contribution in [0.25, 0.3) is 16.7 Å². The second-order valence-corrected chi connectivity index (χ2v) is 7.51. The van der Waals surface area contributed by atoms with Crippen molar-refractivity contribution in [3.8, 4) is 5.69 Å². The summed E-state index contributed by atoms with van der Waals surface area (Å²) in [7, 11) is 0. The Morgan fingerprint density at radius 3 is 2.59 bits per heavy atom. The van der Waals surface area contributed by atoms with Gasteiger partial charge in [-0.05, 0) is 60.8 Å². The van der Waals surface area contributed by atoms with Crippen LogP contribution in [-0.4, -0.2) is 36.8 Å². The number of imidazole rings is 1. The number of hydrogen-bond donors (Lipinski definition) is 1. The predicted octanol–water partition coefficient (Wildman–Crippen LogP) is 3.50. The van der Waals surface area contributed by atoms with Gasteiger partial charge in [-0.2, -0.15) is 0 Å². The summed E-state index contributed by atoms with van der Waals surface area (Å²) >= 11 is -2.16. The molecule has 2 aromatic carbocycles. The summed E-state index contributed by atoms with van der Waals surface area (Å²) in [4.78, 5) is 16.7. The first kappa shape index (κ1) is 21.0. The van der Waals surface area contributed by atoms with Crippen LogP contribution in [-0.2, 0) is 27.0 Å². The van der Waals surface area contributed by atoms with E-state index < -0.39 is 11.1 Å². The van der Waals surface area contributed by atoms with Crippen molar-refractivity contribution in [1.82, 2.24) is 9.55 Å². The largest absolute Gasteiger partial charge is 0.771 e. The molecule has 0 amide bonds. The molecule has 7 nitrogen and oxygen atoms in total. The molecule has 0 fully saturated rings. The van der Waals surface area contributed by atoms with E-state index in [1.807, 2.05) is 56.3 Å². The van der Waals surface area contributed by atoms with Gasteiger partial charge < -0.3 is 14.6 Å². The van der Waals surface area contributed by atoms with Gasteiger partial charge in [0, 0.05) is 17.8 Å². The summed E-state index contributed by atoms with van der Waals surface area (Å²) in [6.07, 6.45) is 0.739. The molecule has 1 aromatic heterocycles. The molecule has 2 atom stereocenters. The van der Waals surface area contributed by atoms with E-state index in [0.29, 0.717) is 12.3 Å². The van der Waals surface area contributed by atoms with Gasteiger partial charge in [0.15, 0.2) is 0 Å². The van der Waals surface area contributed by atoms with Crippen LogP contribution in [0.5, 0.6) is 0 Å². The van der Waals surface area contributed by atoms with Crippen LogP contribution in [0.1, 0.15) is 38.1 Å². The van der Waals surface area contributed by atoms with Crippen molar-refractivity contribution in [3.05, 3.63) is 53.9 Å². The standard InChI is InChI=1S/C21H25N3O4S/c1-4-20-23-18-12-16(22-13-29(26)27)8-11-19(18)24(20)17-9-6-15(7-10-17)14(3)21(25)28-5-2/h6-12,14,22H,4-5,13H2,1-3H3,(H,26,27)/p-1. The monoisotopic (exact) mass is 414 g/mol. The molecule has 2 unspecified atom stereocenters. The fraction of sp³-hybridized carbons (Fsp3) is 0.333. The molecule has 0 bridgehead atoms. The maximum absolute atomic E-state index is 12.0. The Labute approximate surface area is 172 Å². The van der Waals surface area contributed by atoms with Crippen LogP contribution in [0.2, 0.25) is 0 Å². The number of nitrogens with one attached hydrogen (secondary N) is 1. The van der Waals surface area contributed by atoms with Crippen molar-refractivity contribution >= 4 is 33.8 Å². The van der Waals surface area contributed by atoms with Crippen molar-refractivity contribution < 1.29 is 18.3 Å². The Balaban J connectivity index is 1.94. The van der Waals surface area contributed by atoms with Crippen molar-refractivity contribution in [3.63, 3.8) is 0 Å². The Hall–Kier alpha value is -2.71. The van der Waals surface area contributed by atoms with E-state index in [2.05, 4.69) is 9.88 Å². The molecule has 0 spiro atoms. The second kappa shape index (κ2) is 9.19. The molecule has 0 radical (unpaired) electrons. The summed E-state index contributed by atoms with van der Waals surface area (Å²) in [5, 5.41) is 2.86. The molecule has 3 aromatic rings. The number of aromatic nitrogens is 2. The summed E-state index contributed by atoms with van der Waals surface area (Å²) in [6, 6.07) is 13.4. The molecule has 1 N–H and O–H groups in total. The third-order valence-electron chi connectivity index (χ3n) is 4.73. The molecule has 0 aliphatic heterocycles. The molecule has 8 heteroatoms. The fourth-order valence-electron chi connectivity index (χ4n) is 3.22. The Morgan fingerprint density at radius 2 is 1.97 bits per heavy atom. The van der Waals surface area contributed by atoms with Crippen molar-refractivity contribution in [2.24, 2.45) is 0 Å². The van der Waals surface area contributed by atoms with Crippen LogP contribution < -0.4 is 5.32 Å². The number of carbonyl (C=O) groups is 1. The Kier molecular flexibility index (Phi) is 6.66. The molecule has 154 valence electrons. The molecular weight excluding hydrogens is 390 g/mol. The van der Waals surface area contributed by atoms with Gasteiger partial charge >= 0.3 is 5.97 Å². The van der Waals surface area contributed by atoms with Gasteiger partial charge in [-0.15, -0.1) is 0 Å². The maximum Gasteiger partial charge on any atom is 0.313 e. The van der Waals surface area contributed by atoms with E-state index in [4.69, 9.17) is 9.72 Å². The number of aryl methyl sites for hydroxylation is 1. The van der Waals surface area contributed by atoms with Gasteiger partial charge in [-0.1, -0.05) is 19.1 Å². The molecule has 0 aliphatic carbocycles. The maximum atomic E-state index is 12.0. The van der Waals surface area contributed by atoms with Crippen LogP contribution in [0.4, 0.5) is 5.69 Å².